The standard InChI is InChI=1S/C13H25NO2/c14-10-4-2-1-3-8-13(15)16-11-9-12-6-5-7-12/h12H,1-11,14H2. The topological polar surface area (TPSA) is 52.3 Å². The quantitative estimate of drug-likeness (QED) is 0.486. The van der Waals surface area contributed by atoms with Crippen molar-refractivity contribution in [1.29, 1.82) is 0 Å². The zero-order valence-corrected chi connectivity index (χ0v) is 10.2. The molecule has 1 aliphatic carbocycles. The van der Waals surface area contributed by atoms with Crippen molar-refractivity contribution in [3.8, 4) is 0 Å². The van der Waals surface area contributed by atoms with Gasteiger partial charge in [0.1, 0.15) is 0 Å². The van der Waals surface area contributed by atoms with Gasteiger partial charge >= 0.3 is 5.97 Å². The van der Waals surface area contributed by atoms with Crippen molar-refractivity contribution in [3.05, 3.63) is 0 Å². The molecule has 0 heterocycles. The van der Waals surface area contributed by atoms with Crippen LogP contribution in [0.3, 0.4) is 0 Å². The largest absolute Gasteiger partial charge is 0.466 e. The zero-order chi connectivity index (χ0) is 11.6. The molecule has 16 heavy (non-hydrogen) atoms. The minimum Gasteiger partial charge on any atom is -0.466 e. The maximum Gasteiger partial charge on any atom is 0.305 e. The van der Waals surface area contributed by atoms with Crippen LogP contribution in [0.5, 0.6) is 0 Å². The normalized spacial score (nSPS) is 15.8. The van der Waals surface area contributed by atoms with Crippen molar-refractivity contribution in [2.45, 2.75) is 57.8 Å². The monoisotopic (exact) mass is 227 g/mol. The fraction of sp³-hybridized carbons (Fsp3) is 0.923. The molecule has 3 heteroatoms. The molecule has 2 N–H and O–H groups in total. The molecule has 1 rings (SSSR count). The molecule has 94 valence electrons. The molecule has 1 saturated carbocycles. The molecular formula is C13H25NO2. The lowest BCUT2D eigenvalue weighted by Crippen LogP contribution is -2.15. The maximum absolute atomic E-state index is 11.3. The van der Waals surface area contributed by atoms with Gasteiger partial charge in [-0.15, -0.1) is 0 Å². The number of nitrogens with two attached hydrogens (primary N) is 1. The van der Waals surface area contributed by atoms with Gasteiger partial charge in [0, 0.05) is 6.42 Å². The Morgan fingerprint density at radius 2 is 1.94 bits per heavy atom. The van der Waals surface area contributed by atoms with Gasteiger partial charge in [0.15, 0.2) is 0 Å². The van der Waals surface area contributed by atoms with E-state index in [1.165, 1.54) is 19.3 Å². The molecule has 0 spiro atoms. The van der Waals surface area contributed by atoms with E-state index in [0.717, 1.165) is 44.6 Å². The van der Waals surface area contributed by atoms with Crippen LogP contribution >= 0.6 is 0 Å². The third kappa shape index (κ3) is 6.11. The summed E-state index contributed by atoms with van der Waals surface area (Å²) in [7, 11) is 0. The fourth-order valence-corrected chi connectivity index (χ4v) is 1.96. The maximum atomic E-state index is 11.3. The molecule has 0 bridgehead atoms. The summed E-state index contributed by atoms with van der Waals surface area (Å²) in [6.07, 6.45) is 9.90. The van der Waals surface area contributed by atoms with Gasteiger partial charge in [-0.2, -0.15) is 0 Å². The average molecular weight is 227 g/mol. The Hall–Kier alpha value is -0.570. The first-order valence-corrected chi connectivity index (χ1v) is 6.68. The summed E-state index contributed by atoms with van der Waals surface area (Å²) in [6.45, 7) is 1.39. The Bertz CT molecular complexity index is 190. The predicted octanol–water partition coefficient (Wildman–Crippen LogP) is 2.63. The molecular weight excluding hydrogens is 202 g/mol. The minimum atomic E-state index is -0.0212. The van der Waals surface area contributed by atoms with Crippen LogP contribution in [0.15, 0.2) is 0 Å². The van der Waals surface area contributed by atoms with Gasteiger partial charge in [-0.25, -0.2) is 0 Å². The second-order valence-corrected chi connectivity index (χ2v) is 4.76. The van der Waals surface area contributed by atoms with E-state index in [1.807, 2.05) is 0 Å². The molecule has 0 unspecified atom stereocenters. The van der Waals surface area contributed by atoms with E-state index in [-0.39, 0.29) is 5.97 Å². The summed E-state index contributed by atoms with van der Waals surface area (Å²) in [5.74, 6) is 0.810. The fourth-order valence-electron chi connectivity index (χ4n) is 1.96. The number of carbonyl (C=O) groups is 1. The van der Waals surface area contributed by atoms with Crippen molar-refractivity contribution >= 4 is 5.97 Å². The summed E-state index contributed by atoms with van der Waals surface area (Å²) in [6, 6.07) is 0. The van der Waals surface area contributed by atoms with E-state index in [4.69, 9.17) is 10.5 Å². The number of hydrogen-bond donors (Lipinski definition) is 1. The molecule has 0 saturated heterocycles. The van der Waals surface area contributed by atoms with Gasteiger partial charge in [-0.05, 0) is 31.7 Å². The summed E-state index contributed by atoms with van der Waals surface area (Å²) in [5.41, 5.74) is 5.39. The van der Waals surface area contributed by atoms with Crippen molar-refractivity contribution in [3.63, 3.8) is 0 Å². The minimum absolute atomic E-state index is 0.0212. The molecule has 1 aliphatic rings. The zero-order valence-electron chi connectivity index (χ0n) is 10.2. The number of esters is 1. The van der Waals surface area contributed by atoms with Crippen LogP contribution < -0.4 is 5.73 Å². The smallest absolute Gasteiger partial charge is 0.305 e. The van der Waals surface area contributed by atoms with Gasteiger partial charge in [0.05, 0.1) is 6.61 Å². The van der Waals surface area contributed by atoms with Crippen LogP contribution in [0.4, 0.5) is 0 Å². The molecule has 0 aromatic carbocycles. The SMILES string of the molecule is NCCCCCCC(=O)OCCC1CCC1. The number of hydrogen-bond acceptors (Lipinski definition) is 3. The van der Waals surface area contributed by atoms with Crippen molar-refractivity contribution < 1.29 is 9.53 Å². The summed E-state index contributed by atoms with van der Waals surface area (Å²) in [5, 5.41) is 0. The van der Waals surface area contributed by atoms with Gasteiger partial charge in [-0.1, -0.05) is 32.1 Å². The number of unbranched alkanes of at least 4 members (excludes halogenated alkanes) is 3. The molecule has 0 amide bonds. The van der Waals surface area contributed by atoms with Crippen LogP contribution in [0, 0.1) is 5.92 Å². The Morgan fingerprint density at radius 3 is 2.56 bits per heavy atom. The van der Waals surface area contributed by atoms with Crippen LogP contribution in [0.2, 0.25) is 0 Å². The molecule has 0 aromatic rings. The van der Waals surface area contributed by atoms with E-state index in [9.17, 15) is 4.79 Å². The van der Waals surface area contributed by atoms with E-state index in [2.05, 4.69) is 0 Å². The lowest BCUT2D eigenvalue weighted by Gasteiger charge is -2.24. The number of rotatable bonds is 9. The molecule has 0 aromatic heterocycles. The van der Waals surface area contributed by atoms with E-state index >= 15 is 0 Å². The highest BCUT2D eigenvalue weighted by Gasteiger charge is 2.17. The highest BCUT2D eigenvalue weighted by molar-refractivity contribution is 5.69. The average Bonchev–Trinajstić information content (AvgIpc) is 2.21. The molecule has 0 aliphatic heterocycles. The second-order valence-electron chi connectivity index (χ2n) is 4.76. The first kappa shape index (κ1) is 13.5. The number of ether oxygens (including phenoxy) is 1. The number of carbonyl (C=O) groups excluding carboxylic acids is 1. The lowest BCUT2D eigenvalue weighted by atomic mass is 9.83. The van der Waals surface area contributed by atoms with E-state index in [1.54, 1.807) is 0 Å². The van der Waals surface area contributed by atoms with Crippen LogP contribution in [0.1, 0.15) is 57.8 Å². The first-order valence-electron chi connectivity index (χ1n) is 6.68. The Kier molecular flexibility index (Phi) is 7.23. The van der Waals surface area contributed by atoms with Gasteiger partial charge < -0.3 is 10.5 Å². The highest BCUT2D eigenvalue weighted by Crippen LogP contribution is 2.29. The summed E-state index contributed by atoms with van der Waals surface area (Å²) in [4.78, 5) is 11.3. The summed E-state index contributed by atoms with van der Waals surface area (Å²) < 4.78 is 5.19. The first-order chi connectivity index (χ1) is 7.83. The van der Waals surface area contributed by atoms with Crippen molar-refractivity contribution in [2.75, 3.05) is 13.2 Å². The Balaban J connectivity index is 1.82. The summed E-state index contributed by atoms with van der Waals surface area (Å²) >= 11 is 0. The van der Waals surface area contributed by atoms with Crippen LogP contribution in [-0.4, -0.2) is 19.1 Å². The van der Waals surface area contributed by atoms with Crippen LogP contribution in [0.25, 0.3) is 0 Å². The van der Waals surface area contributed by atoms with E-state index in [0.29, 0.717) is 13.0 Å². The third-order valence-corrected chi connectivity index (χ3v) is 3.35. The third-order valence-electron chi connectivity index (χ3n) is 3.35. The molecule has 0 radical (unpaired) electrons. The van der Waals surface area contributed by atoms with Crippen LogP contribution in [-0.2, 0) is 9.53 Å². The molecule has 1 fully saturated rings. The highest BCUT2D eigenvalue weighted by atomic mass is 16.5. The van der Waals surface area contributed by atoms with Crippen molar-refractivity contribution in [1.82, 2.24) is 0 Å². The van der Waals surface area contributed by atoms with Gasteiger partial charge in [-0.3, -0.25) is 4.79 Å². The predicted molar refractivity (Wildman–Crippen MR) is 65.1 cm³/mol. The van der Waals surface area contributed by atoms with E-state index < -0.39 is 0 Å². The van der Waals surface area contributed by atoms with Gasteiger partial charge in [0.25, 0.3) is 0 Å². The van der Waals surface area contributed by atoms with Gasteiger partial charge in [0.2, 0.25) is 0 Å². The Labute approximate surface area is 98.7 Å². The lowest BCUT2D eigenvalue weighted by molar-refractivity contribution is -0.144. The molecule has 3 nitrogen and oxygen atoms in total. The van der Waals surface area contributed by atoms with Crippen molar-refractivity contribution in [2.24, 2.45) is 11.7 Å². The second kappa shape index (κ2) is 8.57. The molecule has 0 atom stereocenters. The Morgan fingerprint density at radius 1 is 1.19 bits per heavy atom.